The SMILES string of the molecule is CCC1CN2CC[C@@H]1C[C@@H]2[C@H](OCc1ccccc1)c1ccnc2ccc(OC)cc12. The highest BCUT2D eigenvalue weighted by molar-refractivity contribution is 5.84. The molecule has 3 saturated heterocycles. The van der Waals surface area contributed by atoms with Crippen LogP contribution in [0.3, 0.4) is 0 Å². The Labute approximate surface area is 185 Å². The van der Waals surface area contributed by atoms with Crippen molar-refractivity contribution < 1.29 is 9.47 Å². The molecule has 3 aromatic rings. The van der Waals surface area contributed by atoms with E-state index in [1.165, 1.54) is 43.5 Å². The van der Waals surface area contributed by atoms with Crippen LogP contribution >= 0.6 is 0 Å². The van der Waals surface area contributed by atoms with Gasteiger partial charge in [-0.1, -0.05) is 43.7 Å². The summed E-state index contributed by atoms with van der Waals surface area (Å²) in [5.74, 6) is 2.50. The van der Waals surface area contributed by atoms with E-state index in [1.54, 1.807) is 7.11 Å². The molecule has 162 valence electrons. The first-order valence-corrected chi connectivity index (χ1v) is 11.6. The van der Waals surface area contributed by atoms with E-state index in [2.05, 4.69) is 59.3 Å². The van der Waals surface area contributed by atoms with E-state index >= 15 is 0 Å². The highest BCUT2D eigenvalue weighted by atomic mass is 16.5. The molecule has 31 heavy (non-hydrogen) atoms. The number of benzene rings is 2. The number of hydrogen-bond acceptors (Lipinski definition) is 4. The summed E-state index contributed by atoms with van der Waals surface area (Å²) < 4.78 is 12.3. The second kappa shape index (κ2) is 8.97. The number of aromatic nitrogens is 1. The van der Waals surface area contributed by atoms with Crippen LogP contribution in [0, 0.1) is 11.8 Å². The van der Waals surface area contributed by atoms with E-state index in [4.69, 9.17) is 9.47 Å². The quantitative estimate of drug-likeness (QED) is 0.501. The number of hydrogen-bond donors (Lipinski definition) is 0. The number of rotatable bonds is 7. The summed E-state index contributed by atoms with van der Waals surface area (Å²) in [4.78, 5) is 7.30. The molecule has 4 nitrogen and oxygen atoms in total. The van der Waals surface area contributed by atoms with Gasteiger partial charge in [-0.25, -0.2) is 0 Å². The molecule has 0 spiro atoms. The number of fused-ring (bicyclic) bond motifs is 4. The van der Waals surface area contributed by atoms with Crippen molar-refractivity contribution in [3.8, 4) is 5.75 Å². The normalized spacial score (nSPS) is 26.1. The van der Waals surface area contributed by atoms with Gasteiger partial charge in [0.15, 0.2) is 0 Å². The number of pyridine rings is 1. The molecule has 0 aliphatic carbocycles. The Morgan fingerprint density at radius 1 is 1.13 bits per heavy atom. The second-order valence-electron chi connectivity index (χ2n) is 9.02. The minimum Gasteiger partial charge on any atom is -0.497 e. The molecule has 5 atom stereocenters. The third-order valence-electron chi connectivity index (χ3n) is 7.37. The third kappa shape index (κ3) is 4.07. The fourth-order valence-corrected chi connectivity index (χ4v) is 5.65. The molecule has 0 saturated carbocycles. The standard InChI is InChI=1S/C27H32N2O2/c1-3-20-17-29-14-12-21(20)15-26(29)27(31-18-19-7-5-4-6-8-19)23-11-13-28-25-10-9-22(30-2)16-24(23)25/h4-11,13,16,20-21,26-27H,3,12,14-15,17-18H2,1-2H3/t20?,21-,26-,27-/m1/s1. The first-order valence-electron chi connectivity index (χ1n) is 11.6. The van der Waals surface area contributed by atoms with Crippen molar-refractivity contribution in [1.82, 2.24) is 9.88 Å². The van der Waals surface area contributed by atoms with Gasteiger partial charge in [-0.15, -0.1) is 0 Å². The first-order chi connectivity index (χ1) is 15.3. The minimum atomic E-state index is 0.0124. The van der Waals surface area contributed by atoms with Gasteiger partial charge in [-0.3, -0.25) is 9.88 Å². The van der Waals surface area contributed by atoms with Gasteiger partial charge < -0.3 is 9.47 Å². The van der Waals surface area contributed by atoms with Crippen molar-refractivity contribution in [2.24, 2.45) is 11.8 Å². The monoisotopic (exact) mass is 416 g/mol. The summed E-state index contributed by atoms with van der Waals surface area (Å²) in [6.45, 7) is 5.34. The lowest BCUT2D eigenvalue weighted by atomic mass is 9.72. The predicted octanol–water partition coefficient (Wildman–Crippen LogP) is 5.62. The highest BCUT2D eigenvalue weighted by Crippen LogP contribution is 2.44. The van der Waals surface area contributed by atoms with Gasteiger partial charge in [0.1, 0.15) is 5.75 Å². The Kier molecular flexibility index (Phi) is 5.93. The van der Waals surface area contributed by atoms with Crippen LogP contribution in [-0.4, -0.2) is 36.1 Å². The Hall–Kier alpha value is -2.43. The van der Waals surface area contributed by atoms with Crippen LogP contribution in [0.4, 0.5) is 0 Å². The summed E-state index contributed by atoms with van der Waals surface area (Å²) >= 11 is 0. The van der Waals surface area contributed by atoms with Crippen molar-refractivity contribution in [3.63, 3.8) is 0 Å². The lowest BCUT2D eigenvalue weighted by Crippen LogP contribution is -2.55. The lowest BCUT2D eigenvalue weighted by Gasteiger charge is -2.52. The van der Waals surface area contributed by atoms with E-state index in [1.807, 2.05) is 18.3 Å². The van der Waals surface area contributed by atoms with E-state index in [0.717, 1.165) is 28.5 Å². The summed E-state index contributed by atoms with van der Waals surface area (Å²) in [5, 5.41) is 1.13. The van der Waals surface area contributed by atoms with Crippen LogP contribution in [0.15, 0.2) is 60.8 Å². The van der Waals surface area contributed by atoms with Crippen LogP contribution in [0.5, 0.6) is 5.75 Å². The molecule has 2 aromatic carbocycles. The van der Waals surface area contributed by atoms with Crippen LogP contribution in [0.1, 0.15) is 43.4 Å². The molecule has 4 heteroatoms. The topological polar surface area (TPSA) is 34.6 Å². The highest BCUT2D eigenvalue weighted by Gasteiger charge is 2.43. The molecule has 0 N–H and O–H groups in total. The van der Waals surface area contributed by atoms with E-state index in [9.17, 15) is 0 Å². The number of piperidine rings is 3. The van der Waals surface area contributed by atoms with Gasteiger partial charge in [0.2, 0.25) is 0 Å². The average molecular weight is 417 g/mol. The molecule has 3 fully saturated rings. The van der Waals surface area contributed by atoms with E-state index in [0.29, 0.717) is 12.6 Å². The van der Waals surface area contributed by atoms with Crippen LogP contribution in [0.2, 0.25) is 0 Å². The molecular formula is C27H32N2O2. The molecule has 1 aromatic heterocycles. The molecule has 2 unspecified atom stereocenters. The Bertz CT molecular complexity index is 1020. The maximum atomic E-state index is 6.75. The van der Waals surface area contributed by atoms with Gasteiger partial charge in [0, 0.05) is 24.2 Å². The molecule has 0 radical (unpaired) electrons. The van der Waals surface area contributed by atoms with E-state index < -0.39 is 0 Å². The number of ether oxygens (including phenoxy) is 2. The lowest BCUT2D eigenvalue weighted by molar-refractivity contribution is -0.0879. The van der Waals surface area contributed by atoms with Crippen molar-refractivity contribution in [2.75, 3.05) is 20.2 Å². The molecule has 4 heterocycles. The zero-order chi connectivity index (χ0) is 21.2. The fourth-order valence-electron chi connectivity index (χ4n) is 5.65. The maximum Gasteiger partial charge on any atom is 0.119 e. The third-order valence-corrected chi connectivity index (χ3v) is 7.37. The van der Waals surface area contributed by atoms with Gasteiger partial charge in [0.05, 0.1) is 25.3 Å². The molecule has 2 bridgehead atoms. The summed E-state index contributed by atoms with van der Waals surface area (Å²) in [5.41, 5.74) is 3.44. The van der Waals surface area contributed by atoms with Crippen molar-refractivity contribution in [3.05, 3.63) is 71.9 Å². The Balaban J connectivity index is 1.52. The summed E-state index contributed by atoms with van der Waals surface area (Å²) in [6.07, 6.45) is 5.75. The van der Waals surface area contributed by atoms with E-state index in [-0.39, 0.29) is 6.10 Å². The first kappa shape index (κ1) is 20.5. The fraction of sp³-hybridized carbons (Fsp3) is 0.444. The molecule has 3 aliphatic heterocycles. The second-order valence-corrected chi connectivity index (χ2v) is 9.02. The van der Waals surface area contributed by atoms with Gasteiger partial charge in [-0.2, -0.15) is 0 Å². The van der Waals surface area contributed by atoms with Crippen LogP contribution in [0.25, 0.3) is 10.9 Å². The van der Waals surface area contributed by atoms with Crippen molar-refractivity contribution in [2.45, 2.75) is 44.9 Å². The number of nitrogens with zero attached hydrogens (tertiary/aromatic N) is 2. The zero-order valence-corrected chi connectivity index (χ0v) is 18.5. The van der Waals surface area contributed by atoms with Gasteiger partial charge in [-0.05, 0) is 66.6 Å². The predicted molar refractivity (Wildman–Crippen MR) is 124 cm³/mol. The number of methoxy groups -OCH3 is 1. The molecule has 0 amide bonds. The molecular weight excluding hydrogens is 384 g/mol. The summed E-state index contributed by atoms with van der Waals surface area (Å²) in [6, 6.07) is 19.2. The van der Waals surface area contributed by atoms with Gasteiger partial charge >= 0.3 is 0 Å². The smallest absolute Gasteiger partial charge is 0.119 e. The zero-order valence-electron chi connectivity index (χ0n) is 18.5. The maximum absolute atomic E-state index is 6.75. The largest absolute Gasteiger partial charge is 0.497 e. The Morgan fingerprint density at radius 3 is 2.74 bits per heavy atom. The van der Waals surface area contributed by atoms with Gasteiger partial charge in [0.25, 0.3) is 0 Å². The Morgan fingerprint density at radius 2 is 2.00 bits per heavy atom. The van der Waals surface area contributed by atoms with Crippen LogP contribution in [-0.2, 0) is 11.3 Å². The van der Waals surface area contributed by atoms with Crippen molar-refractivity contribution in [1.29, 1.82) is 0 Å². The molecule has 3 aliphatic rings. The minimum absolute atomic E-state index is 0.0124. The van der Waals surface area contributed by atoms with Crippen LogP contribution < -0.4 is 4.74 Å². The van der Waals surface area contributed by atoms with Crippen molar-refractivity contribution >= 4 is 10.9 Å². The summed E-state index contributed by atoms with van der Waals surface area (Å²) in [7, 11) is 1.72. The average Bonchev–Trinajstić information content (AvgIpc) is 2.85. The molecule has 6 rings (SSSR count).